The number of anilines is 1. The van der Waals surface area contributed by atoms with E-state index in [1.165, 1.54) is 4.90 Å². The van der Waals surface area contributed by atoms with Gasteiger partial charge in [0, 0.05) is 31.3 Å². The monoisotopic (exact) mass is 264 g/mol. The summed E-state index contributed by atoms with van der Waals surface area (Å²) < 4.78 is 0. The number of hydrogen-bond donors (Lipinski definition) is 3. The fourth-order valence-electron chi connectivity index (χ4n) is 2.22. The first-order valence-electron chi connectivity index (χ1n) is 6.02. The summed E-state index contributed by atoms with van der Waals surface area (Å²) in [6, 6.07) is 5.81. The van der Waals surface area contributed by atoms with Crippen LogP contribution in [-0.4, -0.2) is 52.7 Å². The Kier molecular flexibility index (Phi) is 3.71. The van der Waals surface area contributed by atoms with Crippen LogP contribution >= 0.6 is 0 Å². The lowest BCUT2D eigenvalue weighted by molar-refractivity contribution is -0.141. The molecular formula is C13H16N2O4. The van der Waals surface area contributed by atoms with Crippen molar-refractivity contribution in [3.8, 4) is 0 Å². The molecule has 1 amide bonds. The minimum Gasteiger partial charge on any atom is -0.480 e. The van der Waals surface area contributed by atoms with E-state index in [1.807, 2.05) is 0 Å². The van der Waals surface area contributed by atoms with Crippen LogP contribution < -0.4 is 5.32 Å². The molecule has 1 saturated heterocycles. The number of nitrogens with zero attached hydrogens (tertiary/aromatic N) is 1. The number of rotatable bonds is 3. The average molecular weight is 264 g/mol. The topological polar surface area (TPSA) is 89.9 Å². The molecule has 2 rings (SSSR count). The molecule has 0 aromatic heterocycles. The van der Waals surface area contributed by atoms with E-state index in [0.29, 0.717) is 5.56 Å². The number of benzene rings is 1. The number of aliphatic hydroxyl groups excluding tert-OH is 1. The number of nitrogens with one attached hydrogen (secondary N) is 1. The fourth-order valence-corrected chi connectivity index (χ4v) is 2.22. The number of carbonyl (C=O) groups is 2. The highest BCUT2D eigenvalue weighted by Gasteiger charge is 2.39. The van der Waals surface area contributed by atoms with E-state index < -0.39 is 18.1 Å². The second-order valence-corrected chi connectivity index (χ2v) is 4.53. The Bertz CT molecular complexity index is 486. The second kappa shape index (κ2) is 5.27. The molecule has 1 fully saturated rings. The molecule has 1 aromatic rings. The van der Waals surface area contributed by atoms with Crippen LogP contribution in [0.2, 0.25) is 0 Å². The molecule has 0 spiro atoms. The molecule has 6 heteroatoms. The summed E-state index contributed by atoms with van der Waals surface area (Å²) in [4.78, 5) is 24.5. The predicted molar refractivity (Wildman–Crippen MR) is 69.1 cm³/mol. The van der Waals surface area contributed by atoms with Gasteiger partial charge < -0.3 is 20.4 Å². The number of amides is 1. The largest absolute Gasteiger partial charge is 0.480 e. The minimum absolute atomic E-state index is 0.0591. The second-order valence-electron chi connectivity index (χ2n) is 4.53. The molecule has 6 nitrogen and oxygen atoms in total. The number of carbonyl (C=O) groups excluding carboxylic acids is 1. The Morgan fingerprint density at radius 2 is 1.95 bits per heavy atom. The third kappa shape index (κ3) is 2.68. The lowest BCUT2D eigenvalue weighted by Gasteiger charge is -2.21. The zero-order valence-corrected chi connectivity index (χ0v) is 10.5. The average Bonchev–Trinajstić information content (AvgIpc) is 2.80. The van der Waals surface area contributed by atoms with Crippen molar-refractivity contribution in [2.45, 2.75) is 18.6 Å². The predicted octanol–water partition coefficient (Wildman–Crippen LogP) is 0.388. The number of aliphatic hydroxyl groups is 1. The zero-order valence-electron chi connectivity index (χ0n) is 10.5. The summed E-state index contributed by atoms with van der Waals surface area (Å²) in [7, 11) is 1.77. The third-order valence-electron chi connectivity index (χ3n) is 3.25. The van der Waals surface area contributed by atoms with Crippen molar-refractivity contribution in [3.63, 3.8) is 0 Å². The van der Waals surface area contributed by atoms with Crippen molar-refractivity contribution in [3.05, 3.63) is 29.8 Å². The Morgan fingerprint density at radius 1 is 1.32 bits per heavy atom. The van der Waals surface area contributed by atoms with E-state index in [9.17, 15) is 14.7 Å². The Labute approximate surface area is 110 Å². The van der Waals surface area contributed by atoms with Crippen molar-refractivity contribution in [2.24, 2.45) is 0 Å². The van der Waals surface area contributed by atoms with Gasteiger partial charge >= 0.3 is 5.97 Å². The molecule has 19 heavy (non-hydrogen) atoms. The van der Waals surface area contributed by atoms with Crippen molar-refractivity contribution >= 4 is 17.6 Å². The number of β-amino-alcohol motifs (C(OH)–C–C–N with tert-alkyl or cyclic N) is 1. The van der Waals surface area contributed by atoms with E-state index in [-0.39, 0.29) is 18.9 Å². The van der Waals surface area contributed by atoms with Gasteiger partial charge in [0.2, 0.25) is 0 Å². The first-order chi connectivity index (χ1) is 9.02. The standard InChI is InChI=1S/C13H16N2O4/c1-14-9-4-2-8(3-5-9)12(17)15-7-10(16)6-11(15)13(18)19/h2-5,10-11,14,16H,6-7H2,1H3,(H,18,19). The van der Waals surface area contributed by atoms with E-state index >= 15 is 0 Å². The highest BCUT2D eigenvalue weighted by Crippen LogP contribution is 2.21. The molecule has 0 radical (unpaired) electrons. The van der Waals surface area contributed by atoms with Gasteiger partial charge in [-0.2, -0.15) is 0 Å². The Balaban J connectivity index is 2.20. The van der Waals surface area contributed by atoms with Gasteiger partial charge in [0.15, 0.2) is 0 Å². The lowest BCUT2D eigenvalue weighted by atomic mass is 10.1. The van der Waals surface area contributed by atoms with E-state index in [0.717, 1.165) is 5.69 Å². The summed E-state index contributed by atoms with van der Waals surface area (Å²) in [6.45, 7) is 0.0591. The maximum atomic E-state index is 12.2. The molecule has 1 heterocycles. The summed E-state index contributed by atoms with van der Waals surface area (Å²) >= 11 is 0. The maximum Gasteiger partial charge on any atom is 0.326 e. The van der Waals surface area contributed by atoms with Gasteiger partial charge in [-0.3, -0.25) is 4.79 Å². The van der Waals surface area contributed by atoms with Crippen molar-refractivity contribution in [2.75, 3.05) is 18.9 Å². The number of likely N-dealkylation sites (tertiary alicyclic amines) is 1. The van der Waals surface area contributed by atoms with Gasteiger partial charge in [0.05, 0.1) is 6.10 Å². The summed E-state index contributed by atoms with van der Waals surface area (Å²) in [6.07, 6.45) is -0.697. The number of aliphatic carboxylic acids is 1. The zero-order chi connectivity index (χ0) is 14.0. The van der Waals surface area contributed by atoms with E-state index in [2.05, 4.69) is 5.32 Å². The normalized spacial score (nSPS) is 22.3. The van der Waals surface area contributed by atoms with Crippen molar-refractivity contribution < 1.29 is 19.8 Å². The van der Waals surface area contributed by atoms with Crippen LogP contribution in [0.5, 0.6) is 0 Å². The van der Waals surface area contributed by atoms with Crippen molar-refractivity contribution in [1.29, 1.82) is 0 Å². The SMILES string of the molecule is CNc1ccc(C(=O)N2CC(O)CC2C(=O)O)cc1. The minimum atomic E-state index is -1.09. The molecule has 2 unspecified atom stereocenters. The van der Waals surface area contributed by atoms with Gasteiger partial charge in [0.1, 0.15) is 6.04 Å². The Hall–Kier alpha value is -2.08. The fraction of sp³-hybridized carbons (Fsp3) is 0.385. The van der Waals surface area contributed by atoms with Crippen molar-refractivity contribution in [1.82, 2.24) is 4.90 Å². The van der Waals surface area contributed by atoms with Gasteiger partial charge in [-0.05, 0) is 24.3 Å². The van der Waals surface area contributed by atoms with E-state index in [4.69, 9.17) is 5.11 Å². The quantitative estimate of drug-likeness (QED) is 0.734. The maximum absolute atomic E-state index is 12.2. The van der Waals surface area contributed by atoms with Gasteiger partial charge in [-0.1, -0.05) is 0 Å². The molecule has 0 saturated carbocycles. The molecule has 0 aliphatic carbocycles. The first kappa shape index (κ1) is 13.4. The van der Waals surface area contributed by atoms with Crippen LogP contribution in [0.1, 0.15) is 16.8 Å². The first-order valence-corrected chi connectivity index (χ1v) is 6.02. The van der Waals surface area contributed by atoms with E-state index in [1.54, 1.807) is 31.3 Å². The summed E-state index contributed by atoms with van der Waals surface area (Å²) in [5, 5.41) is 21.5. The van der Waals surface area contributed by atoms with Gasteiger partial charge in [-0.15, -0.1) is 0 Å². The number of carboxylic acids is 1. The summed E-state index contributed by atoms with van der Waals surface area (Å²) in [5.41, 5.74) is 1.28. The summed E-state index contributed by atoms with van der Waals surface area (Å²) in [5.74, 6) is -1.46. The number of carboxylic acid groups (broad SMARTS) is 1. The number of hydrogen-bond acceptors (Lipinski definition) is 4. The molecule has 2 atom stereocenters. The molecule has 1 aliphatic rings. The van der Waals surface area contributed by atoms with Gasteiger partial charge in [-0.25, -0.2) is 4.79 Å². The highest BCUT2D eigenvalue weighted by molar-refractivity contribution is 5.97. The molecule has 3 N–H and O–H groups in total. The molecule has 1 aliphatic heterocycles. The van der Waals surface area contributed by atoms with Crippen LogP contribution in [0.15, 0.2) is 24.3 Å². The Morgan fingerprint density at radius 3 is 2.47 bits per heavy atom. The molecule has 102 valence electrons. The lowest BCUT2D eigenvalue weighted by Crippen LogP contribution is -2.40. The van der Waals surface area contributed by atoms with Crippen LogP contribution in [-0.2, 0) is 4.79 Å². The third-order valence-corrected chi connectivity index (χ3v) is 3.25. The van der Waals surface area contributed by atoms with Crippen LogP contribution in [0.4, 0.5) is 5.69 Å². The van der Waals surface area contributed by atoms with Crippen LogP contribution in [0.3, 0.4) is 0 Å². The van der Waals surface area contributed by atoms with Gasteiger partial charge in [0.25, 0.3) is 5.91 Å². The van der Waals surface area contributed by atoms with Crippen LogP contribution in [0.25, 0.3) is 0 Å². The van der Waals surface area contributed by atoms with Crippen LogP contribution in [0, 0.1) is 0 Å². The highest BCUT2D eigenvalue weighted by atomic mass is 16.4. The molecular weight excluding hydrogens is 248 g/mol. The molecule has 1 aromatic carbocycles. The smallest absolute Gasteiger partial charge is 0.326 e. The molecule has 0 bridgehead atoms.